The van der Waals surface area contributed by atoms with Crippen LogP contribution in [0.25, 0.3) is 120 Å². The second-order valence-electron chi connectivity index (χ2n) is 16.6. The third-order valence-electron chi connectivity index (χ3n) is 12.1. The van der Waals surface area contributed by atoms with Crippen molar-refractivity contribution in [3.63, 3.8) is 0 Å². The van der Waals surface area contributed by atoms with Crippen molar-refractivity contribution in [2.45, 2.75) is 0 Å². The SMILES string of the molecule is [Ru].[Ru].c1cnc2c(c1)ccc1cccnc12.c1cnc2c(c1)ccc1cccnc12.c1cnc2c(c1)ccc1cccnc12.c1cnc2c(c1)ccc1cccnc12.c1cnc2c(n1)c1nccnc1c1nccnc21. The number of benzene rings is 5. The van der Waals surface area contributed by atoms with Gasteiger partial charge in [0.05, 0.1) is 44.1 Å². The Bertz CT molecular complexity index is 3800. The van der Waals surface area contributed by atoms with E-state index in [9.17, 15) is 0 Å². The molecule has 16 rings (SSSR count). The van der Waals surface area contributed by atoms with Gasteiger partial charge >= 0.3 is 0 Å². The van der Waals surface area contributed by atoms with Gasteiger partial charge < -0.3 is 0 Å². The number of aromatic nitrogens is 14. The minimum atomic E-state index is 0. The zero-order valence-corrected chi connectivity index (χ0v) is 43.4. The molecule has 0 saturated carbocycles. The molecule has 11 heterocycles. The molecule has 11 aromatic heterocycles. The monoisotopic (exact) mass is 1160 g/mol. The van der Waals surface area contributed by atoms with E-state index in [4.69, 9.17) is 0 Å². The molecular weight excluding hydrogens is 1120 g/mol. The van der Waals surface area contributed by atoms with Crippen LogP contribution in [0, 0.1) is 0 Å². The Kier molecular flexibility index (Phi) is 15.3. The maximum atomic E-state index is 4.35. The molecule has 0 unspecified atom stereocenters. The normalized spacial score (nSPS) is 10.7. The molecule has 0 saturated heterocycles. The molecule has 0 bridgehead atoms. The van der Waals surface area contributed by atoms with Gasteiger partial charge in [0.25, 0.3) is 0 Å². The van der Waals surface area contributed by atoms with Crippen molar-refractivity contribution in [1.29, 1.82) is 0 Å². The van der Waals surface area contributed by atoms with Gasteiger partial charge in [-0.15, -0.1) is 0 Å². The molecule has 16 aromatic rings. The fourth-order valence-corrected chi connectivity index (χ4v) is 8.77. The topological polar surface area (TPSA) is 180 Å². The van der Waals surface area contributed by atoms with Crippen LogP contribution in [0.4, 0.5) is 0 Å². The Balaban J connectivity index is 0.000000108. The molecular formula is C60H38N14Ru2. The average molecular weight is 1160 g/mol. The van der Waals surface area contributed by atoms with Gasteiger partial charge in [0.1, 0.15) is 33.1 Å². The van der Waals surface area contributed by atoms with Gasteiger partial charge in [0, 0.05) is 169 Å². The molecule has 14 nitrogen and oxygen atoms in total. The molecule has 0 spiro atoms. The van der Waals surface area contributed by atoms with Gasteiger partial charge in [-0.05, 0) is 48.5 Å². The van der Waals surface area contributed by atoms with Gasteiger partial charge in [-0.2, -0.15) is 0 Å². The summed E-state index contributed by atoms with van der Waals surface area (Å²) < 4.78 is 0. The second kappa shape index (κ2) is 23.2. The molecule has 0 aliphatic heterocycles. The van der Waals surface area contributed by atoms with Gasteiger partial charge in [-0.25, -0.2) is 0 Å². The third-order valence-corrected chi connectivity index (χ3v) is 12.1. The van der Waals surface area contributed by atoms with E-state index in [1.807, 2.05) is 48.5 Å². The number of fused-ring (bicyclic) bond motifs is 18. The Morgan fingerprint density at radius 3 is 0.382 bits per heavy atom. The molecule has 76 heavy (non-hydrogen) atoms. The van der Waals surface area contributed by atoms with Crippen molar-refractivity contribution in [1.82, 2.24) is 69.8 Å². The predicted octanol–water partition coefficient (Wildman–Crippen LogP) is 12.6. The van der Waals surface area contributed by atoms with Crippen LogP contribution in [0.15, 0.2) is 232 Å². The predicted molar refractivity (Wildman–Crippen MR) is 294 cm³/mol. The van der Waals surface area contributed by atoms with Crippen molar-refractivity contribution in [2.75, 3.05) is 0 Å². The number of rotatable bonds is 0. The van der Waals surface area contributed by atoms with Crippen molar-refractivity contribution in [3.8, 4) is 0 Å². The number of pyridine rings is 8. The molecule has 0 N–H and O–H groups in total. The second-order valence-corrected chi connectivity index (χ2v) is 16.6. The van der Waals surface area contributed by atoms with E-state index in [2.05, 4.69) is 167 Å². The average Bonchev–Trinajstić information content (AvgIpc) is 3.53. The molecule has 5 aromatic carbocycles. The summed E-state index contributed by atoms with van der Waals surface area (Å²) in [5.41, 5.74) is 12.0. The Hall–Kier alpha value is -9.35. The zero-order chi connectivity index (χ0) is 49.5. The standard InChI is InChI=1S/C12H6N6.4C12H8N2.2Ru/c1-2-14-8-7(13-1)9-11(17-4-3-15-9)12-10(8)16-5-6-18-12;4*1-3-9-5-6-10-4-2-8-14-12(10)11(9)13-7-1;;/h1-6H;4*1-8H;;. The largest absolute Gasteiger partial charge is 0.254 e. The zero-order valence-electron chi connectivity index (χ0n) is 39.9. The Labute approximate surface area is 458 Å². The van der Waals surface area contributed by atoms with E-state index in [1.165, 1.54) is 0 Å². The third kappa shape index (κ3) is 10.3. The molecule has 0 aliphatic carbocycles. The maximum Gasteiger partial charge on any atom is 0.119 e. The molecule has 0 amide bonds. The van der Waals surface area contributed by atoms with E-state index >= 15 is 0 Å². The summed E-state index contributed by atoms with van der Waals surface area (Å²) in [5.74, 6) is 0. The van der Waals surface area contributed by atoms with E-state index in [1.54, 1.807) is 86.8 Å². The van der Waals surface area contributed by atoms with Crippen LogP contribution in [0.3, 0.4) is 0 Å². The summed E-state index contributed by atoms with van der Waals surface area (Å²) in [6.45, 7) is 0. The van der Waals surface area contributed by atoms with Crippen molar-refractivity contribution < 1.29 is 39.0 Å². The van der Waals surface area contributed by atoms with Crippen LogP contribution < -0.4 is 0 Å². The van der Waals surface area contributed by atoms with Crippen LogP contribution in [-0.4, -0.2) is 69.8 Å². The van der Waals surface area contributed by atoms with Crippen molar-refractivity contribution >= 4 is 120 Å². The van der Waals surface area contributed by atoms with Crippen LogP contribution >= 0.6 is 0 Å². The van der Waals surface area contributed by atoms with Gasteiger partial charge in [-0.1, -0.05) is 97.1 Å². The van der Waals surface area contributed by atoms with Crippen molar-refractivity contribution in [3.05, 3.63) is 232 Å². The number of nitrogens with zero attached hydrogens (tertiary/aromatic N) is 14. The summed E-state index contributed by atoms with van der Waals surface area (Å²) in [4.78, 5) is 60.7. The van der Waals surface area contributed by atoms with E-state index in [0.29, 0.717) is 33.1 Å². The maximum absolute atomic E-state index is 4.35. The first-order valence-corrected chi connectivity index (χ1v) is 23.5. The fraction of sp³-hybridized carbons (Fsp3) is 0. The summed E-state index contributed by atoms with van der Waals surface area (Å²) in [6.07, 6.45) is 24.2. The van der Waals surface area contributed by atoms with Gasteiger partial charge in [0.15, 0.2) is 0 Å². The van der Waals surface area contributed by atoms with E-state index < -0.39 is 0 Å². The summed E-state index contributed by atoms with van der Waals surface area (Å²) >= 11 is 0. The minimum Gasteiger partial charge on any atom is -0.254 e. The van der Waals surface area contributed by atoms with Crippen LogP contribution in [0.2, 0.25) is 0 Å². The van der Waals surface area contributed by atoms with Crippen molar-refractivity contribution in [2.24, 2.45) is 0 Å². The van der Waals surface area contributed by atoms with Crippen LogP contribution in [-0.2, 0) is 39.0 Å². The molecule has 0 fully saturated rings. The number of hydrogen-bond donors (Lipinski definition) is 0. The smallest absolute Gasteiger partial charge is 0.119 e. The summed E-state index contributed by atoms with van der Waals surface area (Å²) in [5, 5.41) is 9.10. The minimum absolute atomic E-state index is 0. The summed E-state index contributed by atoms with van der Waals surface area (Å²) in [6, 6.07) is 48.6. The first-order chi connectivity index (χ1) is 36.7. The van der Waals surface area contributed by atoms with Gasteiger partial charge in [0.2, 0.25) is 0 Å². The van der Waals surface area contributed by atoms with Crippen LogP contribution in [0.5, 0.6) is 0 Å². The first kappa shape index (κ1) is 50.2. The molecule has 16 heteroatoms. The Morgan fingerprint density at radius 2 is 0.250 bits per heavy atom. The molecule has 0 aliphatic rings. The quantitative estimate of drug-likeness (QED) is 0.103. The Morgan fingerprint density at radius 1 is 0.132 bits per heavy atom. The number of hydrogen-bond acceptors (Lipinski definition) is 14. The molecule has 0 radical (unpaired) electrons. The van der Waals surface area contributed by atoms with Gasteiger partial charge in [-0.3, -0.25) is 69.8 Å². The fourth-order valence-electron chi connectivity index (χ4n) is 8.77. The summed E-state index contributed by atoms with van der Waals surface area (Å²) in [7, 11) is 0. The van der Waals surface area contributed by atoms with E-state index in [0.717, 1.165) is 87.2 Å². The molecule has 364 valence electrons. The molecule has 0 atom stereocenters. The van der Waals surface area contributed by atoms with E-state index in [-0.39, 0.29) is 39.0 Å². The first-order valence-electron chi connectivity index (χ1n) is 23.5. The van der Waals surface area contributed by atoms with Crippen LogP contribution in [0.1, 0.15) is 0 Å².